The molecule has 0 amide bonds. The van der Waals surface area contributed by atoms with Crippen LogP contribution in [-0.4, -0.2) is 27.8 Å². The Kier molecular flexibility index (Phi) is 6.79. The maximum Gasteiger partial charge on any atom is 0.299 e. The normalized spacial score (nSPS) is 11.1. The minimum absolute atomic E-state index is 0.0840. The van der Waals surface area contributed by atoms with Gasteiger partial charge in [-0.2, -0.15) is 24.8 Å². The molecule has 0 aliphatic heterocycles. The SMILES string of the molecule is COc1cccc(-n2nc3c(=O)n(/N=C\c4ccccc4Cl)c(-c4ccccc4Cl)cc3c(C#N)c2=O)c1. The number of nitriles is 1. The first kappa shape index (κ1) is 25.0. The number of halogens is 2. The van der Waals surface area contributed by atoms with Crippen LogP contribution < -0.4 is 15.9 Å². The van der Waals surface area contributed by atoms with E-state index in [0.717, 1.165) is 9.36 Å². The number of rotatable bonds is 5. The van der Waals surface area contributed by atoms with Crippen LogP contribution in [0, 0.1) is 11.3 Å². The highest BCUT2D eigenvalue weighted by atomic mass is 35.5. The Bertz CT molecular complexity index is 1900. The second-order valence-electron chi connectivity index (χ2n) is 8.06. The van der Waals surface area contributed by atoms with Crippen LogP contribution in [0.5, 0.6) is 5.75 Å². The Hall–Kier alpha value is -4.71. The van der Waals surface area contributed by atoms with Gasteiger partial charge in [0.25, 0.3) is 11.1 Å². The van der Waals surface area contributed by atoms with Gasteiger partial charge in [-0.1, -0.05) is 65.7 Å². The Morgan fingerprint density at radius 2 is 1.68 bits per heavy atom. The van der Waals surface area contributed by atoms with Gasteiger partial charge in [-0.05, 0) is 30.3 Å². The highest BCUT2D eigenvalue weighted by Gasteiger charge is 2.20. The van der Waals surface area contributed by atoms with Crippen molar-refractivity contribution in [3.63, 3.8) is 0 Å². The zero-order chi connectivity index (χ0) is 26.8. The predicted molar refractivity (Wildman–Crippen MR) is 148 cm³/mol. The van der Waals surface area contributed by atoms with Crippen LogP contribution in [0.15, 0.2) is 93.6 Å². The molecular formula is C28H17Cl2N5O3. The Morgan fingerprint density at radius 3 is 2.39 bits per heavy atom. The number of nitrogens with zero attached hydrogens (tertiary/aromatic N) is 5. The Morgan fingerprint density at radius 1 is 0.947 bits per heavy atom. The third-order valence-corrected chi connectivity index (χ3v) is 6.49. The molecule has 8 nitrogen and oxygen atoms in total. The average Bonchev–Trinajstić information content (AvgIpc) is 2.93. The first-order valence-electron chi connectivity index (χ1n) is 11.2. The molecule has 2 heterocycles. The van der Waals surface area contributed by atoms with E-state index in [0.29, 0.717) is 32.6 Å². The summed E-state index contributed by atoms with van der Waals surface area (Å²) in [5.74, 6) is 0.477. The first-order valence-corrected chi connectivity index (χ1v) is 12.0. The van der Waals surface area contributed by atoms with Crippen LogP contribution in [0.4, 0.5) is 0 Å². The van der Waals surface area contributed by atoms with Gasteiger partial charge in [0.1, 0.15) is 17.4 Å². The highest BCUT2D eigenvalue weighted by molar-refractivity contribution is 6.33. The van der Waals surface area contributed by atoms with E-state index in [4.69, 9.17) is 27.9 Å². The summed E-state index contributed by atoms with van der Waals surface area (Å²) in [4.78, 5) is 27.2. The number of pyridine rings is 1. The van der Waals surface area contributed by atoms with Crippen LogP contribution in [0.2, 0.25) is 10.0 Å². The lowest BCUT2D eigenvalue weighted by Crippen LogP contribution is -2.29. The maximum atomic E-state index is 13.9. The van der Waals surface area contributed by atoms with E-state index in [1.807, 2.05) is 6.07 Å². The van der Waals surface area contributed by atoms with Crippen LogP contribution in [0.1, 0.15) is 11.1 Å². The summed E-state index contributed by atoms with van der Waals surface area (Å²) in [6, 6.07) is 23.9. The molecule has 186 valence electrons. The number of hydrogen-bond acceptors (Lipinski definition) is 6. The van der Waals surface area contributed by atoms with E-state index in [2.05, 4.69) is 10.2 Å². The summed E-state index contributed by atoms with van der Waals surface area (Å²) in [6.07, 6.45) is 1.44. The minimum atomic E-state index is -0.685. The van der Waals surface area contributed by atoms with Gasteiger partial charge in [0.15, 0.2) is 5.52 Å². The predicted octanol–water partition coefficient (Wildman–Crippen LogP) is 5.28. The fraction of sp³-hybridized carbons (Fsp3) is 0.0357. The second kappa shape index (κ2) is 10.3. The summed E-state index contributed by atoms with van der Waals surface area (Å²) in [5.41, 5.74) is -0.0594. The van der Waals surface area contributed by atoms with Gasteiger partial charge >= 0.3 is 0 Å². The summed E-state index contributed by atoms with van der Waals surface area (Å²) in [6.45, 7) is 0. The molecule has 0 spiro atoms. The van der Waals surface area contributed by atoms with Crippen molar-refractivity contribution < 1.29 is 4.74 Å². The number of fused-ring (bicyclic) bond motifs is 1. The molecule has 0 aliphatic carbocycles. The van der Waals surface area contributed by atoms with E-state index >= 15 is 0 Å². The van der Waals surface area contributed by atoms with Gasteiger partial charge in [0.2, 0.25) is 0 Å². The third kappa shape index (κ3) is 4.45. The number of ether oxygens (including phenoxy) is 1. The molecule has 0 aliphatic rings. The zero-order valence-electron chi connectivity index (χ0n) is 19.8. The van der Waals surface area contributed by atoms with Crippen LogP contribution >= 0.6 is 23.2 Å². The van der Waals surface area contributed by atoms with Crippen molar-refractivity contribution in [1.29, 1.82) is 5.26 Å². The van der Waals surface area contributed by atoms with E-state index in [9.17, 15) is 14.9 Å². The average molecular weight is 542 g/mol. The molecule has 3 aromatic carbocycles. The van der Waals surface area contributed by atoms with Gasteiger partial charge in [-0.25, -0.2) is 0 Å². The summed E-state index contributed by atoms with van der Waals surface area (Å²) in [5, 5.41) is 19.6. The van der Waals surface area contributed by atoms with Gasteiger partial charge in [-0.15, -0.1) is 0 Å². The monoisotopic (exact) mass is 541 g/mol. The lowest BCUT2D eigenvalue weighted by Gasteiger charge is -2.14. The molecule has 0 saturated heterocycles. The standard InChI is InChI=1S/C28H17Cl2N5O3/c1-38-19-9-6-8-18(13-19)34-27(36)22(15-31)21-14-25(20-10-3-5-12-24(20)30)35(28(37)26(21)33-34)32-16-17-7-2-4-11-23(17)29/h2-14,16H,1H3/b32-16-. The zero-order valence-corrected chi connectivity index (χ0v) is 21.3. The molecule has 0 atom stereocenters. The van der Waals surface area contributed by atoms with E-state index in [1.54, 1.807) is 72.8 Å². The van der Waals surface area contributed by atoms with Crippen molar-refractivity contribution in [2.75, 3.05) is 7.11 Å². The first-order chi connectivity index (χ1) is 18.4. The molecule has 0 radical (unpaired) electrons. The Balaban J connectivity index is 1.86. The molecule has 38 heavy (non-hydrogen) atoms. The van der Waals surface area contributed by atoms with E-state index in [1.165, 1.54) is 19.4 Å². The smallest absolute Gasteiger partial charge is 0.299 e. The summed E-state index contributed by atoms with van der Waals surface area (Å²) in [7, 11) is 1.49. The fourth-order valence-corrected chi connectivity index (χ4v) is 4.36. The number of aromatic nitrogens is 3. The number of benzene rings is 3. The topological polar surface area (TPSA) is 102 Å². The van der Waals surface area contributed by atoms with Crippen molar-refractivity contribution in [3.8, 4) is 28.8 Å². The van der Waals surface area contributed by atoms with Gasteiger partial charge < -0.3 is 4.74 Å². The molecular weight excluding hydrogens is 525 g/mol. The molecule has 10 heteroatoms. The maximum absolute atomic E-state index is 13.9. The minimum Gasteiger partial charge on any atom is -0.497 e. The van der Waals surface area contributed by atoms with Crippen molar-refractivity contribution in [1.82, 2.24) is 14.5 Å². The largest absolute Gasteiger partial charge is 0.497 e. The Labute approximate surface area is 226 Å². The molecule has 2 aromatic heterocycles. The van der Waals surface area contributed by atoms with Crippen molar-refractivity contribution >= 4 is 40.3 Å². The van der Waals surface area contributed by atoms with Crippen molar-refractivity contribution in [3.05, 3.63) is 121 Å². The number of methoxy groups -OCH3 is 1. The molecule has 0 fully saturated rings. The van der Waals surface area contributed by atoms with Gasteiger partial charge in [0, 0.05) is 32.6 Å². The second-order valence-corrected chi connectivity index (χ2v) is 8.87. The molecule has 0 saturated carbocycles. The fourth-order valence-electron chi connectivity index (χ4n) is 3.95. The summed E-state index contributed by atoms with van der Waals surface area (Å²) < 4.78 is 7.37. The van der Waals surface area contributed by atoms with Gasteiger partial charge in [-0.3, -0.25) is 9.59 Å². The third-order valence-electron chi connectivity index (χ3n) is 5.81. The molecule has 0 bridgehead atoms. The lowest BCUT2D eigenvalue weighted by molar-refractivity contribution is 0.414. The molecule has 5 aromatic rings. The van der Waals surface area contributed by atoms with Crippen LogP contribution in [0.25, 0.3) is 27.8 Å². The lowest BCUT2D eigenvalue weighted by atomic mass is 10.1. The summed E-state index contributed by atoms with van der Waals surface area (Å²) >= 11 is 12.7. The van der Waals surface area contributed by atoms with Gasteiger partial charge in [0.05, 0.1) is 24.7 Å². The number of hydrogen-bond donors (Lipinski definition) is 0. The molecule has 0 N–H and O–H groups in total. The van der Waals surface area contributed by atoms with Crippen molar-refractivity contribution in [2.45, 2.75) is 0 Å². The van der Waals surface area contributed by atoms with E-state index < -0.39 is 11.1 Å². The molecule has 0 unspecified atom stereocenters. The van der Waals surface area contributed by atoms with Crippen LogP contribution in [-0.2, 0) is 0 Å². The highest BCUT2D eigenvalue weighted by Crippen LogP contribution is 2.29. The van der Waals surface area contributed by atoms with Crippen LogP contribution in [0.3, 0.4) is 0 Å². The molecule has 5 rings (SSSR count). The van der Waals surface area contributed by atoms with Crippen molar-refractivity contribution in [2.24, 2.45) is 5.10 Å². The van der Waals surface area contributed by atoms with E-state index in [-0.39, 0.29) is 22.2 Å². The quantitative estimate of drug-likeness (QED) is 0.281.